The zero-order valence-electron chi connectivity index (χ0n) is 13.2. The molecule has 0 saturated carbocycles. The number of fused-ring (bicyclic) bond motifs is 1. The Hall–Kier alpha value is -2.45. The van der Waals surface area contributed by atoms with E-state index in [0.717, 1.165) is 0 Å². The standard InChI is InChI=1S/C15H18F3N3O3/c1-14(2,12(19)22)21(13(23)15(16,17)18)7-9-8-24-11-6-4-3-5-10(11)20-9/h3-6,9,20H,7-8H2,1-2H3,(H2,19,22). The summed E-state index contributed by atoms with van der Waals surface area (Å²) in [5.41, 5.74) is 3.98. The van der Waals surface area contributed by atoms with Crippen LogP contribution in [-0.4, -0.2) is 47.6 Å². The summed E-state index contributed by atoms with van der Waals surface area (Å²) < 4.78 is 44.2. The fourth-order valence-corrected chi connectivity index (χ4v) is 2.33. The third-order valence-electron chi connectivity index (χ3n) is 3.86. The minimum atomic E-state index is -5.11. The molecule has 1 unspecified atom stereocenters. The SMILES string of the molecule is CC(C)(C(N)=O)N(CC1COc2ccccc2N1)C(=O)C(F)(F)F. The van der Waals surface area contributed by atoms with Crippen LogP contribution < -0.4 is 15.8 Å². The summed E-state index contributed by atoms with van der Waals surface area (Å²) in [6.45, 7) is 2.02. The Bertz CT molecular complexity index is 646. The molecule has 1 heterocycles. The highest BCUT2D eigenvalue weighted by Crippen LogP contribution is 2.30. The van der Waals surface area contributed by atoms with E-state index in [1.54, 1.807) is 24.3 Å². The molecule has 0 bridgehead atoms. The summed E-state index contributed by atoms with van der Waals surface area (Å²) in [7, 11) is 0. The first-order valence-electron chi connectivity index (χ1n) is 7.20. The molecule has 24 heavy (non-hydrogen) atoms. The molecule has 2 rings (SSSR count). The Morgan fingerprint density at radius 2 is 1.96 bits per heavy atom. The van der Waals surface area contributed by atoms with Gasteiger partial charge in [-0.2, -0.15) is 13.2 Å². The number of anilines is 1. The molecule has 9 heteroatoms. The zero-order chi connectivity index (χ0) is 18.1. The summed E-state index contributed by atoms with van der Waals surface area (Å²) in [6.07, 6.45) is -5.11. The number of hydrogen-bond acceptors (Lipinski definition) is 4. The van der Waals surface area contributed by atoms with Crippen LogP contribution in [-0.2, 0) is 9.59 Å². The van der Waals surface area contributed by atoms with E-state index in [2.05, 4.69) is 5.32 Å². The Kier molecular flexibility index (Phi) is 4.63. The van der Waals surface area contributed by atoms with Gasteiger partial charge in [-0.3, -0.25) is 9.59 Å². The van der Waals surface area contributed by atoms with Gasteiger partial charge in [0.1, 0.15) is 17.9 Å². The molecule has 1 aliphatic heterocycles. The number of nitrogens with zero attached hydrogens (tertiary/aromatic N) is 1. The quantitative estimate of drug-likeness (QED) is 0.866. The first-order valence-corrected chi connectivity index (χ1v) is 7.20. The number of ether oxygens (including phenoxy) is 1. The molecule has 0 aromatic heterocycles. The summed E-state index contributed by atoms with van der Waals surface area (Å²) in [5.74, 6) is -2.58. The van der Waals surface area contributed by atoms with E-state index in [-0.39, 0.29) is 13.2 Å². The number of alkyl halides is 3. The van der Waals surface area contributed by atoms with Crippen molar-refractivity contribution in [2.24, 2.45) is 5.73 Å². The fourth-order valence-electron chi connectivity index (χ4n) is 2.33. The van der Waals surface area contributed by atoms with Crippen LogP contribution in [0.5, 0.6) is 5.75 Å². The van der Waals surface area contributed by atoms with Crippen molar-refractivity contribution in [3.8, 4) is 5.75 Å². The molecule has 1 aromatic rings. The number of hydrogen-bond donors (Lipinski definition) is 2. The van der Waals surface area contributed by atoms with Crippen molar-refractivity contribution in [2.45, 2.75) is 31.6 Å². The molecular weight excluding hydrogens is 327 g/mol. The van der Waals surface area contributed by atoms with Crippen LogP contribution >= 0.6 is 0 Å². The lowest BCUT2D eigenvalue weighted by Gasteiger charge is -2.39. The maximum absolute atomic E-state index is 12.9. The Morgan fingerprint density at radius 1 is 1.33 bits per heavy atom. The number of carbonyl (C=O) groups is 2. The van der Waals surface area contributed by atoms with Gasteiger partial charge in [-0.1, -0.05) is 12.1 Å². The minimum absolute atomic E-state index is 0.0491. The first-order chi connectivity index (χ1) is 11.0. The molecule has 1 aliphatic rings. The second-order valence-corrected chi connectivity index (χ2v) is 5.99. The maximum Gasteiger partial charge on any atom is 0.471 e. The molecule has 0 radical (unpaired) electrons. The molecule has 0 aliphatic carbocycles. The van der Waals surface area contributed by atoms with Gasteiger partial charge in [-0.15, -0.1) is 0 Å². The van der Waals surface area contributed by atoms with E-state index in [1.165, 1.54) is 13.8 Å². The van der Waals surface area contributed by atoms with E-state index in [4.69, 9.17) is 10.5 Å². The number of amides is 2. The molecule has 0 spiro atoms. The smallest absolute Gasteiger partial charge is 0.471 e. The fraction of sp³-hybridized carbons (Fsp3) is 0.467. The number of nitrogens with one attached hydrogen (secondary N) is 1. The van der Waals surface area contributed by atoms with Crippen LogP contribution in [0.1, 0.15) is 13.8 Å². The van der Waals surface area contributed by atoms with Crippen molar-refractivity contribution < 1.29 is 27.5 Å². The topological polar surface area (TPSA) is 84.7 Å². The van der Waals surface area contributed by atoms with Crippen LogP contribution in [0.4, 0.5) is 18.9 Å². The predicted octanol–water partition coefficient (Wildman–Crippen LogP) is 1.51. The summed E-state index contributed by atoms with van der Waals surface area (Å²) in [6, 6.07) is 6.30. The zero-order valence-corrected chi connectivity index (χ0v) is 13.2. The van der Waals surface area contributed by atoms with E-state index in [0.29, 0.717) is 16.3 Å². The number of carbonyl (C=O) groups excluding carboxylic acids is 2. The van der Waals surface area contributed by atoms with Crippen LogP contribution in [0, 0.1) is 0 Å². The van der Waals surface area contributed by atoms with Crippen molar-refractivity contribution in [1.82, 2.24) is 4.90 Å². The van der Waals surface area contributed by atoms with Gasteiger partial charge in [-0.25, -0.2) is 0 Å². The third-order valence-corrected chi connectivity index (χ3v) is 3.86. The highest BCUT2D eigenvalue weighted by atomic mass is 19.4. The van der Waals surface area contributed by atoms with Crippen molar-refractivity contribution in [3.63, 3.8) is 0 Å². The average molecular weight is 345 g/mol. The van der Waals surface area contributed by atoms with Crippen molar-refractivity contribution >= 4 is 17.5 Å². The maximum atomic E-state index is 12.9. The predicted molar refractivity (Wildman–Crippen MR) is 80.4 cm³/mol. The second kappa shape index (κ2) is 6.21. The molecule has 0 fully saturated rings. The number of para-hydroxylation sites is 2. The lowest BCUT2D eigenvalue weighted by atomic mass is 10.00. The monoisotopic (exact) mass is 345 g/mol. The van der Waals surface area contributed by atoms with Crippen molar-refractivity contribution in [1.29, 1.82) is 0 Å². The van der Waals surface area contributed by atoms with Crippen LogP contribution in [0.15, 0.2) is 24.3 Å². The number of nitrogens with two attached hydrogens (primary N) is 1. The van der Waals surface area contributed by atoms with Crippen LogP contribution in [0.25, 0.3) is 0 Å². The van der Waals surface area contributed by atoms with Gasteiger partial charge in [0, 0.05) is 6.54 Å². The van der Waals surface area contributed by atoms with Crippen molar-refractivity contribution in [3.05, 3.63) is 24.3 Å². The molecule has 1 atom stereocenters. The number of primary amides is 1. The molecule has 132 valence electrons. The van der Waals surface area contributed by atoms with Crippen LogP contribution in [0.2, 0.25) is 0 Å². The lowest BCUT2D eigenvalue weighted by Crippen LogP contribution is -2.61. The van der Waals surface area contributed by atoms with Gasteiger partial charge in [0.25, 0.3) is 0 Å². The lowest BCUT2D eigenvalue weighted by molar-refractivity contribution is -0.191. The molecule has 3 N–H and O–H groups in total. The largest absolute Gasteiger partial charge is 0.489 e. The Balaban J connectivity index is 2.24. The summed E-state index contributed by atoms with van der Waals surface area (Å²) in [5, 5.41) is 3.01. The Morgan fingerprint density at radius 3 is 2.54 bits per heavy atom. The molecule has 1 aromatic carbocycles. The van der Waals surface area contributed by atoms with Gasteiger partial charge >= 0.3 is 12.1 Å². The molecule has 0 saturated heterocycles. The van der Waals surface area contributed by atoms with Crippen molar-refractivity contribution in [2.75, 3.05) is 18.5 Å². The second-order valence-electron chi connectivity index (χ2n) is 5.99. The van der Waals surface area contributed by atoms with Crippen LogP contribution in [0.3, 0.4) is 0 Å². The number of rotatable bonds is 4. The van der Waals surface area contributed by atoms with E-state index >= 15 is 0 Å². The minimum Gasteiger partial charge on any atom is -0.489 e. The molecule has 2 amide bonds. The summed E-state index contributed by atoms with van der Waals surface area (Å²) >= 11 is 0. The highest BCUT2D eigenvalue weighted by molar-refractivity contribution is 5.91. The number of benzene rings is 1. The highest BCUT2D eigenvalue weighted by Gasteiger charge is 2.49. The molecule has 6 nitrogen and oxygen atoms in total. The van der Waals surface area contributed by atoms with Gasteiger partial charge in [-0.05, 0) is 26.0 Å². The molecular formula is C15H18F3N3O3. The summed E-state index contributed by atoms with van der Waals surface area (Å²) in [4.78, 5) is 23.7. The van der Waals surface area contributed by atoms with E-state index < -0.39 is 29.6 Å². The number of halogens is 3. The normalized spacial score (nSPS) is 17.3. The van der Waals surface area contributed by atoms with Gasteiger partial charge in [0.2, 0.25) is 5.91 Å². The first kappa shape index (κ1) is 17.9. The van der Waals surface area contributed by atoms with E-state index in [9.17, 15) is 22.8 Å². The third kappa shape index (κ3) is 3.55. The van der Waals surface area contributed by atoms with Gasteiger partial charge < -0.3 is 20.7 Å². The Labute approximate surface area is 136 Å². The average Bonchev–Trinajstić information content (AvgIpc) is 2.50. The van der Waals surface area contributed by atoms with E-state index in [1.807, 2.05) is 0 Å². The van der Waals surface area contributed by atoms with Gasteiger partial charge in [0.15, 0.2) is 0 Å². The van der Waals surface area contributed by atoms with Gasteiger partial charge in [0.05, 0.1) is 11.7 Å².